The van der Waals surface area contributed by atoms with E-state index in [4.69, 9.17) is 11.6 Å². The molecule has 0 radical (unpaired) electrons. The van der Waals surface area contributed by atoms with Crippen LogP contribution in [0.1, 0.15) is 18.2 Å². The van der Waals surface area contributed by atoms with Gasteiger partial charge in [-0.05, 0) is 31.0 Å². The summed E-state index contributed by atoms with van der Waals surface area (Å²) in [5.74, 6) is 0.253. The summed E-state index contributed by atoms with van der Waals surface area (Å²) in [5, 5.41) is 0.590. The molecule has 0 aliphatic carbocycles. The van der Waals surface area contributed by atoms with Gasteiger partial charge >= 0.3 is 6.18 Å². The zero-order valence-corrected chi connectivity index (χ0v) is 12.5. The number of aromatic nitrogens is 2. The van der Waals surface area contributed by atoms with Gasteiger partial charge in [0, 0.05) is 11.4 Å². The van der Waals surface area contributed by atoms with Crippen LogP contribution >= 0.6 is 22.9 Å². The quantitative estimate of drug-likeness (QED) is 0.779. The summed E-state index contributed by atoms with van der Waals surface area (Å²) in [5.41, 5.74) is 0. The number of nitrogens with zero attached hydrogens (tertiary/aromatic N) is 3. The first-order valence-corrected chi connectivity index (χ1v) is 7.25. The Hall–Kier alpha value is -1.08. The first-order chi connectivity index (χ1) is 9.30. The summed E-state index contributed by atoms with van der Waals surface area (Å²) in [6, 6.07) is 1.80. The van der Waals surface area contributed by atoms with Gasteiger partial charge in [-0.3, -0.25) is 0 Å². The van der Waals surface area contributed by atoms with Crippen LogP contribution in [0.15, 0.2) is 6.07 Å². The van der Waals surface area contributed by atoms with Crippen molar-refractivity contribution in [1.82, 2.24) is 9.97 Å². The molecule has 0 spiro atoms. The molecule has 2 rings (SSSR count). The van der Waals surface area contributed by atoms with Crippen molar-refractivity contribution in [2.45, 2.75) is 26.4 Å². The van der Waals surface area contributed by atoms with Crippen LogP contribution in [0.4, 0.5) is 19.0 Å². The number of rotatable bonds is 4. The third-order valence-corrected chi connectivity index (χ3v) is 3.75. The van der Waals surface area contributed by atoms with Gasteiger partial charge in [-0.1, -0.05) is 6.92 Å². The van der Waals surface area contributed by atoms with E-state index < -0.39 is 12.7 Å². The molecule has 20 heavy (non-hydrogen) atoms. The second kappa shape index (κ2) is 5.73. The molecule has 0 N–H and O–H groups in total. The molecule has 8 heteroatoms. The van der Waals surface area contributed by atoms with Crippen molar-refractivity contribution in [3.05, 3.63) is 16.2 Å². The Bertz CT molecular complexity index is 612. The third-order valence-electron chi connectivity index (χ3n) is 2.63. The lowest BCUT2D eigenvalue weighted by atomic mass is 10.3. The first kappa shape index (κ1) is 15.3. The van der Waals surface area contributed by atoms with Crippen molar-refractivity contribution in [2.75, 3.05) is 18.0 Å². The topological polar surface area (TPSA) is 29.0 Å². The fraction of sp³-hybridized carbons (Fsp3) is 0.500. The van der Waals surface area contributed by atoms with Crippen LogP contribution in [0.2, 0.25) is 5.28 Å². The molecule has 3 nitrogen and oxygen atoms in total. The lowest BCUT2D eigenvalue weighted by Crippen LogP contribution is -2.35. The summed E-state index contributed by atoms with van der Waals surface area (Å²) in [4.78, 5) is 10.8. The fourth-order valence-corrected chi connectivity index (χ4v) is 3.08. The van der Waals surface area contributed by atoms with Gasteiger partial charge in [0.1, 0.15) is 17.2 Å². The van der Waals surface area contributed by atoms with E-state index in [1.807, 2.05) is 13.8 Å². The minimum absolute atomic E-state index is 0.0300. The molecule has 0 unspecified atom stereocenters. The van der Waals surface area contributed by atoms with Gasteiger partial charge < -0.3 is 4.90 Å². The largest absolute Gasteiger partial charge is 0.405 e. The van der Waals surface area contributed by atoms with Crippen molar-refractivity contribution in [3.8, 4) is 0 Å². The predicted molar refractivity (Wildman–Crippen MR) is 75.7 cm³/mol. The molecule has 0 atom stereocenters. The van der Waals surface area contributed by atoms with Crippen LogP contribution in [-0.2, 0) is 0 Å². The van der Waals surface area contributed by atoms with E-state index in [0.29, 0.717) is 16.6 Å². The Kier molecular flexibility index (Phi) is 4.39. The minimum atomic E-state index is -4.29. The summed E-state index contributed by atoms with van der Waals surface area (Å²) in [6.45, 7) is 2.91. The smallest absolute Gasteiger partial charge is 0.347 e. The van der Waals surface area contributed by atoms with Crippen LogP contribution in [0.25, 0.3) is 10.2 Å². The molecular weight excluding hydrogens is 311 g/mol. The molecule has 0 aliphatic heterocycles. The molecule has 0 fully saturated rings. The molecule has 0 aromatic carbocycles. The van der Waals surface area contributed by atoms with Gasteiger partial charge in [0.2, 0.25) is 5.28 Å². The van der Waals surface area contributed by atoms with Crippen molar-refractivity contribution in [2.24, 2.45) is 0 Å². The average Bonchev–Trinajstić information content (AvgIpc) is 2.65. The van der Waals surface area contributed by atoms with Crippen LogP contribution in [0.3, 0.4) is 0 Å². The number of hydrogen-bond donors (Lipinski definition) is 0. The molecule has 0 saturated carbocycles. The van der Waals surface area contributed by atoms with Gasteiger partial charge in [-0.2, -0.15) is 18.2 Å². The SMILES string of the molecule is CCCN(CC(F)(F)F)c1nc(Cl)nc2sc(C)cc12. The zero-order valence-electron chi connectivity index (χ0n) is 11.0. The number of aryl methyl sites for hydroxylation is 1. The molecule has 0 aliphatic rings. The Morgan fingerprint density at radius 3 is 2.65 bits per heavy atom. The molecule has 2 aromatic rings. The highest BCUT2D eigenvalue weighted by Crippen LogP contribution is 2.33. The van der Waals surface area contributed by atoms with Crippen molar-refractivity contribution in [1.29, 1.82) is 0 Å². The number of alkyl halides is 3. The highest BCUT2D eigenvalue weighted by molar-refractivity contribution is 7.18. The number of hydrogen-bond acceptors (Lipinski definition) is 4. The van der Waals surface area contributed by atoms with Gasteiger partial charge in [-0.15, -0.1) is 11.3 Å². The molecule has 0 amide bonds. The Morgan fingerprint density at radius 1 is 1.35 bits per heavy atom. The summed E-state index contributed by atoms with van der Waals surface area (Å²) in [7, 11) is 0. The van der Waals surface area contributed by atoms with E-state index in [9.17, 15) is 13.2 Å². The number of halogens is 4. The van der Waals surface area contributed by atoms with Gasteiger partial charge in [0.15, 0.2) is 0 Å². The number of fused-ring (bicyclic) bond motifs is 1. The Balaban J connectivity index is 2.51. The van der Waals surface area contributed by atoms with E-state index in [-0.39, 0.29) is 17.6 Å². The van der Waals surface area contributed by atoms with E-state index in [0.717, 1.165) is 4.88 Å². The molecule has 0 saturated heterocycles. The maximum Gasteiger partial charge on any atom is 0.405 e. The predicted octanol–water partition coefficient (Wildman–Crippen LogP) is 4.43. The summed E-state index contributed by atoms with van der Waals surface area (Å²) in [6.07, 6.45) is -3.70. The second-order valence-corrected chi connectivity index (χ2v) is 6.00. The molecule has 2 aromatic heterocycles. The Labute approximate surface area is 123 Å². The zero-order chi connectivity index (χ0) is 14.9. The summed E-state index contributed by atoms with van der Waals surface area (Å²) >= 11 is 7.22. The normalized spacial score (nSPS) is 12.1. The molecule has 2 heterocycles. The minimum Gasteiger partial charge on any atom is -0.347 e. The maximum absolute atomic E-state index is 12.7. The van der Waals surface area contributed by atoms with Crippen LogP contribution in [0, 0.1) is 6.92 Å². The monoisotopic (exact) mass is 323 g/mol. The van der Waals surface area contributed by atoms with E-state index in [1.165, 1.54) is 16.2 Å². The van der Waals surface area contributed by atoms with E-state index in [2.05, 4.69) is 9.97 Å². The standard InChI is InChI=1S/C12H13ClF3N3S/c1-3-4-19(6-12(14,15)16)9-8-5-7(2)20-10(8)18-11(13)17-9/h5H,3-4,6H2,1-2H3. The van der Waals surface area contributed by atoms with E-state index in [1.54, 1.807) is 6.07 Å². The first-order valence-electron chi connectivity index (χ1n) is 6.05. The highest BCUT2D eigenvalue weighted by Gasteiger charge is 2.32. The van der Waals surface area contributed by atoms with Crippen LogP contribution in [-0.4, -0.2) is 29.2 Å². The second-order valence-electron chi connectivity index (χ2n) is 4.43. The van der Waals surface area contributed by atoms with Crippen LogP contribution in [0.5, 0.6) is 0 Å². The van der Waals surface area contributed by atoms with Crippen LogP contribution < -0.4 is 4.90 Å². The average molecular weight is 324 g/mol. The Morgan fingerprint density at radius 2 is 2.05 bits per heavy atom. The van der Waals surface area contributed by atoms with Gasteiger partial charge in [0.05, 0.1) is 5.39 Å². The van der Waals surface area contributed by atoms with Crippen molar-refractivity contribution >= 4 is 39.0 Å². The van der Waals surface area contributed by atoms with Gasteiger partial charge in [0.25, 0.3) is 0 Å². The number of anilines is 1. The maximum atomic E-state index is 12.7. The van der Waals surface area contributed by atoms with Gasteiger partial charge in [-0.25, -0.2) is 4.98 Å². The molecule has 110 valence electrons. The van der Waals surface area contributed by atoms with Crippen molar-refractivity contribution < 1.29 is 13.2 Å². The molecular formula is C12H13ClF3N3S. The lowest BCUT2D eigenvalue weighted by molar-refractivity contribution is -0.119. The summed E-state index contributed by atoms with van der Waals surface area (Å²) < 4.78 is 38.1. The number of thiophene rings is 1. The highest BCUT2D eigenvalue weighted by atomic mass is 35.5. The fourth-order valence-electron chi connectivity index (χ4n) is 1.99. The third kappa shape index (κ3) is 3.52. The molecule has 0 bridgehead atoms. The van der Waals surface area contributed by atoms with Crippen molar-refractivity contribution in [3.63, 3.8) is 0 Å². The lowest BCUT2D eigenvalue weighted by Gasteiger charge is -2.25. The van der Waals surface area contributed by atoms with E-state index >= 15 is 0 Å².